The van der Waals surface area contributed by atoms with Crippen LogP contribution in [0.5, 0.6) is 0 Å². The lowest BCUT2D eigenvalue weighted by atomic mass is 10.0. The molecule has 0 aliphatic rings. The van der Waals surface area contributed by atoms with E-state index in [0.29, 0.717) is 18.9 Å². The van der Waals surface area contributed by atoms with Gasteiger partial charge in [0.1, 0.15) is 0 Å². The highest BCUT2D eigenvalue weighted by Crippen LogP contribution is 2.37. The summed E-state index contributed by atoms with van der Waals surface area (Å²) < 4.78 is 77.2. The molecule has 0 saturated heterocycles. The quantitative estimate of drug-likeness (QED) is 0.303. The van der Waals surface area contributed by atoms with E-state index in [1.165, 1.54) is 0 Å². The molecule has 1 aromatic carbocycles. The molecular formula is C18H26F6OSi. The summed E-state index contributed by atoms with van der Waals surface area (Å²) in [5.74, 6) is 0. The highest BCUT2D eigenvalue weighted by atomic mass is 28.4. The monoisotopic (exact) mass is 400 g/mol. The molecule has 1 nitrogen and oxygen atoms in total. The van der Waals surface area contributed by atoms with Crippen LogP contribution >= 0.6 is 0 Å². The van der Waals surface area contributed by atoms with Gasteiger partial charge in [-0.1, -0.05) is 34.1 Å². The fraction of sp³-hybridized carbons (Fsp3) is 0.667. The predicted octanol–water partition coefficient (Wildman–Crippen LogP) is 6.80. The molecule has 0 aliphatic heterocycles. The minimum absolute atomic E-state index is 0.0199. The number of unbranched alkanes of at least 4 members (excludes halogenated alkanes) is 1. The van der Waals surface area contributed by atoms with Crippen LogP contribution in [0.3, 0.4) is 0 Å². The summed E-state index contributed by atoms with van der Waals surface area (Å²) in [4.78, 5) is 10.8. The van der Waals surface area contributed by atoms with Gasteiger partial charge in [-0.05, 0) is 53.7 Å². The van der Waals surface area contributed by atoms with Crippen molar-refractivity contribution >= 4 is 8.32 Å². The van der Waals surface area contributed by atoms with E-state index in [1.807, 2.05) is 27.7 Å². The SMILES string of the molecule is CC(C)[Si](O)(CCCCc1cc(C(F)(F)F)cc(C(F)(F)F)c1)C(C)C. The van der Waals surface area contributed by atoms with Crippen LogP contribution in [-0.4, -0.2) is 13.1 Å². The third-order valence-corrected chi connectivity index (χ3v) is 10.1. The number of rotatable bonds is 7. The fourth-order valence-corrected chi connectivity index (χ4v) is 6.45. The van der Waals surface area contributed by atoms with Crippen molar-refractivity contribution in [1.29, 1.82) is 0 Å². The summed E-state index contributed by atoms with van der Waals surface area (Å²) >= 11 is 0. The number of halogens is 6. The zero-order valence-corrected chi connectivity index (χ0v) is 16.4. The minimum Gasteiger partial charge on any atom is -0.431 e. The van der Waals surface area contributed by atoms with E-state index in [1.54, 1.807) is 0 Å². The van der Waals surface area contributed by atoms with E-state index in [4.69, 9.17) is 0 Å². The average molecular weight is 400 g/mol. The van der Waals surface area contributed by atoms with Crippen LogP contribution in [0.15, 0.2) is 18.2 Å². The molecule has 0 aromatic heterocycles. The van der Waals surface area contributed by atoms with Gasteiger partial charge >= 0.3 is 12.4 Å². The van der Waals surface area contributed by atoms with Crippen LogP contribution in [0.25, 0.3) is 0 Å². The van der Waals surface area contributed by atoms with E-state index in [9.17, 15) is 31.1 Å². The molecule has 0 unspecified atom stereocenters. The van der Waals surface area contributed by atoms with Crippen molar-refractivity contribution < 1.29 is 31.1 Å². The fourth-order valence-electron chi connectivity index (χ4n) is 3.14. The van der Waals surface area contributed by atoms with Crippen LogP contribution in [0.1, 0.15) is 57.2 Å². The van der Waals surface area contributed by atoms with Crippen molar-refractivity contribution in [3.8, 4) is 0 Å². The van der Waals surface area contributed by atoms with Crippen molar-refractivity contribution in [3.05, 3.63) is 34.9 Å². The highest BCUT2D eigenvalue weighted by Gasteiger charge is 2.38. The van der Waals surface area contributed by atoms with Gasteiger partial charge in [-0.15, -0.1) is 0 Å². The van der Waals surface area contributed by atoms with Crippen molar-refractivity contribution in [2.24, 2.45) is 0 Å². The molecule has 1 N–H and O–H groups in total. The van der Waals surface area contributed by atoms with E-state index < -0.39 is 31.8 Å². The van der Waals surface area contributed by atoms with Gasteiger partial charge in [-0.2, -0.15) is 26.3 Å². The Morgan fingerprint density at radius 3 is 1.58 bits per heavy atom. The van der Waals surface area contributed by atoms with Crippen LogP contribution in [0.4, 0.5) is 26.3 Å². The lowest BCUT2D eigenvalue weighted by molar-refractivity contribution is -0.143. The summed E-state index contributed by atoms with van der Waals surface area (Å²) in [5, 5.41) is 0. The van der Waals surface area contributed by atoms with E-state index in [0.717, 1.165) is 12.1 Å². The number of aryl methyl sites for hydroxylation is 1. The van der Waals surface area contributed by atoms with Crippen molar-refractivity contribution in [3.63, 3.8) is 0 Å². The van der Waals surface area contributed by atoms with Gasteiger partial charge in [0.05, 0.1) is 11.1 Å². The Bertz CT molecular complexity index is 552. The largest absolute Gasteiger partial charge is 0.431 e. The highest BCUT2D eigenvalue weighted by molar-refractivity contribution is 6.75. The Kier molecular flexibility index (Phi) is 7.38. The van der Waals surface area contributed by atoms with Gasteiger partial charge < -0.3 is 4.80 Å². The second-order valence-corrected chi connectivity index (χ2v) is 12.2. The first-order chi connectivity index (χ1) is 11.7. The zero-order chi connectivity index (χ0) is 20.3. The second kappa shape index (κ2) is 8.33. The molecule has 0 aliphatic carbocycles. The molecule has 1 rings (SSSR count). The minimum atomic E-state index is -4.82. The molecule has 0 radical (unpaired) electrons. The molecule has 0 spiro atoms. The van der Waals surface area contributed by atoms with Gasteiger partial charge in [-0.3, -0.25) is 0 Å². The Hall–Kier alpha value is -1.02. The average Bonchev–Trinajstić information content (AvgIpc) is 2.48. The van der Waals surface area contributed by atoms with Gasteiger partial charge in [0.2, 0.25) is 0 Å². The lowest BCUT2D eigenvalue weighted by Gasteiger charge is -2.33. The van der Waals surface area contributed by atoms with Crippen molar-refractivity contribution in [2.45, 2.75) is 76.4 Å². The molecule has 0 saturated carbocycles. The van der Waals surface area contributed by atoms with E-state index in [2.05, 4.69) is 0 Å². The van der Waals surface area contributed by atoms with E-state index >= 15 is 0 Å². The molecule has 0 atom stereocenters. The first kappa shape index (κ1) is 23.0. The normalized spacial score (nSPS) is 13.7. The maximum Gasteiger partial charge on any atom is 0.416 e. The topological polar surface area (TPSA) is 20.2 Å². The van der Waals surface area contributed by atoms with Crippen LogP contribution in [-0.2, 0) is 18.8 Å². The Morgan fingerprint density at radius 1 is 0.808 bits per heavy atom. The molecule has 150 valence electrons. The maximum atomic E-state index is 12.9. The van der Waals surface area contributed by atoms with Crippen molar-refractivity contribution in [1.82, 2.24) is 0 Å². The van der Waals surface area contributed by atoms with Gasteiger partial charge in [0.15, 0.2) is 8.32 Å². The first-order valence-corrected chi connectivity index (χ1v) is 11.0. The van der Waals surface area contributed by atoms with Crippen LogP contribution in [0, 0.1) is 0 Å². The Balaban J connectivity index is 2.87. The Labute approximate surface area is 151 Å². The molecular weight excluding hydrogens is 374 g/mol. The number of hydrogen-bond acceptors (Lipinski definition) is 1. The van der Waals surface area contributed by atoms with Crippen LogP contribution < -0.4 is 0 Å². The second-order valence-electron chi connectivity index (χ2n) is 7.42. The summed E-state index contributed by atoms with van der Waals surface area (Å²) in [7, 11) is -2.48. The number of alkyl halides is 6. The predicted molar refractivity (Wildman–Crippen MR) is 92.4 cm³/mol. The van der Waals surface area contributed by atoms with Gasteiger partial charge in [-0.25, -0.2) is 0 Å². The standard InChI is InChI=1S/C18H26F6OSi/c1-12(2)26(25,13(3)4)8-6-5-7-14-9-15(17(19,20)21)11-16(10-14)18(22,23)24/h9-13,25H,5-8H2,1-4H3. The molecule has 26 heavy (non-hydrogen) atoms. The molecule has 8 heteroatoms. The molecule has 0 heterocycles. The van der Waals surface area contributed by atoms with E-state index in [-0.39, 0.29) is 29.1 Å². The molecule has 0 amide bonds. The maximum absolute atomic E-state index is 12.9. The van der Waals surface area contributed by atoms with Gasteiger partial charge in [0.25, 0.3) is 0 Å². The summed E-state index contributed by atoms with van der Waals surface area (Å²) in [6.07, 6.45) is -8.51. The summed E-state index contributed by atoms with van der Waals surface area (Å²) in [6, 6.07) is 2.30. The smallest absolute Gasteiger partial charge is 0.416 e. The first-order valence-electron chi connectivity index (χ1n) is 8.68. The molecule has 0 bridgehead atoms. The number of hydrogen-bond donors (Lipinski definition) is 1. The van der Waals surface area contributed by atoms with Crippen LogP contribution in [0.2, 0.25) is 17.1 Å². The van der Waals surface area contributed by atoms with Gasteiger partial charge in [0, 0.05) is 0 Å². The third kappa shape index (κ3) is 6.01. The van der Waals surface area contributed by atoms with Crippen molar-refractivity contribution in [2.75, 3.05) is 0 Å². The summed E-state index contributed by atoms with van der Waals surface area (Å²) in [5.41, 5.74) is -2.25. The lowest BCUT2D eigenvalue weighted by Crippen LogP contribution is -2.41. The molecule has 1 aromatic rings. The summed E-state index contributed by atoms with van der Waals surface area (Å²) in [6.45, 7) is 7.81. The third-order valence-electron chi connectivity index (χ3n) is 4.94. The number of benzene rings is 1. The molecule has 0 fully saturated rings. The Morgan fingerprint density at radius 2 is 1.23 bits per heavy atom. The zero-order valence-electron chi connectivity index (χ0n) is 15.4.